The van der Waals surface area contributed by atoms with Crippen molar-refractivity contribution in [2.24, 2.45) is 5.41 Å². The summed E-state index contributed by atoms with van der Waals surface area (Å²) in [4.78, 5) is 0. The summed E-state index contributed by atoms with van der Waals surface area (Å²) in [6.45, 7) is -0.230. The third kappa shape index (κ3) is 2.40. The molecule has 1 aliphatic heterocycles. The molecule has 72 valence electrons. The summed E-state index contributed by atoms with van der Waals surface area (Å²) in [6, 6.07) is 0. The smallest absolute Gasteiger partial charge is 0.181 e. The molecule has 12 heavy (non-hydrogen) atoms. The van der Waals surface area contributed by atoms with Crippen LogP contribution in [0.1, 0.15) is 0 Å². The van der Waals surface area contributed by atoms with E-state index in [1.807, 2.05) is 0 Å². The van der Waals surface area contributed by atoms with E-state index < -0.39 is 5.41 Å². The van der Waals surface area contributed by atoms with E-state index in [0.29, 0.717) is 6.61 Å². The summed E-state index contributed by atoms with van der Waals surface area (Å²) in [5.41, 5.74) is -0.939. The number of aliphatic hydroxyl groups excluding tert-OH is 3. The van der Waals surface area contributed by atoms with Gasteiger partial charge in [-0.2, -0.15) is 0 Å². The first kappa shape index (κ1) is 9.88. The Morgan fingerprint density at radius 2 is 1.75 bits per heavy atom. The van der Waals surface area contributed by atoms with Crippen LogP contribution in [0.5, 0.6) is 0 Å². The van der Waals surface area contributed by atoms with Crippen LogP contribution >= 0.6 is 0 Å². The highest BCUT2D eigenvalue weighted by atomic mass is 16.8. The number of hydrogen-bond donors (Lipinski definition) is 3. The van der Waals surface area contributed by atoms with Gasteiger partial charge in [0.25, 0.3) is 0 Å². The maximum absolute atomic E-state index is 8.87. The molecule has 5 heteroatoms. The number of ether oxygens (including phenoxy) is 2. The van der Waals surface area contributed by atoms with Crippen LogP contribution in [0, 0.1) is 5.41 Å². The molecule has 0 aromatic heterocycles. The second-order valence-corrected chi connectivity index (χ2v) is 3.05. The van der Waals surface area contributed by atoms with Crippen molar-refractivity contribution in [3.8, 4) is 0 Å². The first-order valence-corrected chi connectivity index (χ1v) is 3.82. The first-order valence-electron chi connectivity index (χ1n) is 3.82. The van der Waals surface area contributed by atoms with Crippen LogP contribution < -0.4 is 0 Å². The number of hydrogen-bond acceptors (Lipinski definition) is 5. The Labute approximate surface area is 70.5 Å². The summed E-state index contributed by atoms with van der Waals surface area (Å²) in [7, 11) is 0. The lowest BCUT2D eigenvalue weighted by molar-refractivity contribution is -0.0782. The molecule has 5 nitrogen and oxygen atoms in total. The fraction of sp³-hybridized carbons (Fsp3) is 1.00. The molecular formula is C7H14O5. The average Bonchev–Trinajstić information content (AvgIpc) is 2.92. The van der Waals surface area contributed by atoms with Crippen LogP contribution in [-0.2, 0) is 9.47 Å². The maximum Gasteiger partial charge on any atom is 0.181 e. The quantitative estimate of drug-likeness (QED) is 0.423. The van der Waals surface area contributed by atoms with Crippen molar-refractivity contribution in [1.82, 2.24) is 0 Å². The van der Waals surface area contributed by atoms with E-state index in [4.69, 9.17) is 24.8 Å². The van der Waals surface area contributed by atoms with Gasteiger partial charge in [-0.15, -0.1) is 0 Å². The van der Waals surface area contributed by atoms with Gasteiger partial charge in [-0.25, -0.2) is 0 Å². The van der Waals surface area contributed by atoms with Gasteiger partial charge in [0, 0.05) is 0 Å². The van der Waals surface area contributed by atoms with Crippen LogP contribution in [0.3, 0.4) is 0 Å². The molecule has 1 atom stereocenters. The highest BCUT2D eigenvalue weighted by molar-refractivity contribution is 4.77. The maximum atomic E-state index is 8.87. The van der Waals surface area contributed by atoms with Crippen LogP contribution in [0.2, 0.25) is 0 Å². The zero-order valence-corrected chi connectivity index (χ0v) is 6.77. The minimum absolute atomic E-state index is 0.112. The van der Waals surface area contributed by atoms with Gasteiger partial charge in [0.05, 0.1) is 31.8 Å². The van der Waals surface area contributed by atoms with Crippen LogP contribution in [0.4, 0.5) is 0 Å². The summed E-state index contributed by atoms with van der Waals surface area (Å²) in [5, 5.41) is 26.6. The molecule has 0 aliphatic carbocycles. The molecule has 1 heterocycles. The van der Waals surface area contributed by atoms with E-state index >= 15 is 0 Å². The van der Waals surface area contributed by atoms with Gasteiger partial charge >= 0.3 is 0 Å². The lowest BCUT2D eigenvalue weighted by Gasteiger charge is -2.26. The molecule has 0 amide bonds. The van der Waals surface area contributed by atoms with Gasteiger partial charge in [0.2, 0.25) is 0 Å². The highest BCUT2D eigenvalue weighted by Crippen LogP contribution is 2.19. The first-order chi connectivity index (χ1) is 5.76. The van der Waals surface area contributed by atoms with E-state index in [2.05, 4.69) is 0 Å². The lowest BCUT2D eigenvalue weighted by Crippen LogP contribution is -2.39. The zero-order chi connectivity index (χ0) is 9.03. The minimum atomic E-state index is -0.939. The Balaban J connectivity index is 2.28. The predicted octanol–water partition coefficient (Wildman–Crippen LogP) is -1.68. The van der Waals surface area contributed by atoms with Gasteiger partial charge in [-0.1, -0.05) is 0 Å². The van der Waals surface area contributed by atoms with Crippen molar-refractivity contribution in [2.75, 3.05) is 33.0 Å². The fourth-order valence-corrected chi connectivity index (χ4v) is 0.692. The Morgan fingerprint density at radius 1 is 1.25 bits per heavy atom. The van der Waals surface area contributed by atoms with Crippen molar-refractivity contribution in [2.45, 2.75) is 6.29 Å². The summed E-state index contributed by atoms with van der Waals surface area (Å²) in [6.07, 6.45) is -0.214. The number of epoxide rings is 1. The summed E-state index contributed by atoms with van der Waals surface area (Å²) in [5.74, 6) is 0. The molecule has 0 radical (unpaired) electrons. The lowest BCUT2D eigenvalue weighted by atomic mass is 9.93. The van der Waals surface area contributed by atoms with Crippen molar-refractivity contribution in [3.63, 3.8) is 0 Å². The molecule has 0 spiro atoms. The Bertz CT molecular complexity index is 121. The number of aliphatic hydroxyl groups is 3. The van der Waals surface area contributed by atoms with E-state index in [0.717, 1.165) is 0 Å². The topological polar surface area (TPSA) is 82.5 Å². The van der Waals surface area contributed by atoms with E-state index in [1.54, 1.807) is 0 Å². The molecule has 1 rings (SSSR count). The fourth-order valence-electron chi connectivity index (χ4n) is 0.692. The van der Waals surface area contributed by atoms with Crippen LogP contribution in [0.15, 0.2) is 0 Å². The SMILES string of the molecule is OCC(CO)(CO)COC1CO1. The second-order valence-electron chi connectivity index (χ2n) is 3.05. The van der Waals surface area contributed by atoms with E-state index in [9.17, 15) is 0 Å². The normalized spacial score (nSPS) is 22.8. The van der Waals surface area contributed by atoms with Crippen molar-refractivity contribution in [1.29, 1.82) is 0 Å². The molecule has 3 N–H and O–H groups in total. The van der Waals surface area contributed by atoms with Gasteiger partial charge < -0.3 is 24.8 Å². The Morgan fingerprint density at radius 3 is 2.08 bits per heavy atom. The van der Waals surface area contributed by atoms with Crippen molar-refractivity contribution >= 4 is 0 Å². The zero-order valence-electron chi connectivity index (χ0n) is 6.77. The molecule has 0 aromatic carbocycles. The summed E-state index contributed by atoms with van der Waals surface area (Å²) >= 11 is 0. The van der Waals surface area contributed by atoms with Gasteiger partial charge in [-0.05, 0) is 0 Å². The van der Waals surface area contributed by atoms with E-state index in [-0.39, 0.29) is 32.7 Å². The van der Waals surface area contributed by atoms with Gasteiger partial charge in [0.15, 0.2) is 6.29 Å². The third-order valence-corrected chi connectivity index (χ3v) is 1.88. The molecule has 1 fully saturated rings. The Kier molecular flexibility index (Phi) is 3.42. The molecule has 0 saturated carbocycles. The molecule has 0 bridgehead atoms. The van der Waals surface area contributed by atoms with Crippen LogP contribution in [-0.4, -0.2) is 54.6 Å². The standard InChI is InChI=1S/C7H14O5/c8-2-7(3-9,4-10)5-12-6-1-11-6/h6,8-10H,1-5H2. The molecular weight excluding hydrogens is 164 g/mol. The summed E-state index contributed by atoms with van der Waals surface area (Å²) < 4.78 is 9.86. The monoisotopic (exact) mass is 178 g/mol. The number of rotatable bonds is 6. The molecule has 1 aliphatic rings. The van der Waals surface area contributed by atoms with Crippen molar-refractivity contribution < 1.29 is 24.8 Å². The van der Waals surface area contributed by atoms with Crippen LogP contribution in [0.25, 0.3) is 0 Å². The van der Waals surface area contributed by atoms with Gasteiger partial charge in [-0.3, -0.25) is 0 Å². The van der Waals surface area contributed by atoms with Crippen molar-refractivity contribution in [3.05, 3.63) is 0 Å². The average molecular weight is 178 g/mol. The largest absolute Gasteiger partial charge is 0.396 e. The van der Waals surface area contributed by atoms with Gasteiger partial charge in [0.1, 0.15) is 6.61 Å². The predicted molar refractivity (Wildman–Crippen MR) is 39.4 cm³/mol. The van der Waals surface area contributed by atoms with E-state index in [1.165, 1.54) is 0 Å². The third-order valence-electron chi connectivity index (χ3n) is 1.88. The molecule has 1 saturated heterocycles. The molecule has 0 aromatic rings. The molecule has 1 unspecified atom stereocenters. The highest BCUT2D eigenvalue weighted by Gasteiger charge is 2.32. The minimum Gasteiger partial charge on any atom is -0.396 e. The second kappa shape index (κ2) is 4.15. The Hall–Kier alpha value is -0.200.